The molecule has 0 aromatic heterocycles. The number of benzene rings is 4. The smallest absolute Gasteiger partial charge is 0.0747 e. The molecule has 0 unspecified atom stereocenters. The van der Waals surface area contributed by atoms with Gasteiger partial charge in [0.2, 0.25) is 0 Å². The molecule has 6 rings (SSSR count). The second-order valence-corrected chi connectivity index (χ2v) is 8.52. The van der Waals surface area contributed by atoms with E-state index in [-0.39, 0.29) is 5.41 Å². The van der Waals surface area contributed by atoms with Crippen LogP contribution in [0.3, 0.4) is 0 Å². The van der Waals surface area contributed by atoms with Crippen molar-refractivity contribution >= 4 is 27.3 Å². The Kier molecular flexibility index (Phi) is 3.36. The van der Waals surface area contributed by atoms with Gasteiger partial charge in [-0.3, -0.25) is 0 Å². The molecule has 0 fully saturated rings. The second kappa shape index (κ2) is 5.83. The Hall–Kier alpha value is -2.84. The van der Waals surface area contributed by atoms with Gasteiger partial charge < -0.3 is 5.32 Å². The molecule has 28 heavy (non-hydrogen) atoms. The van der Waals surface area contributed by atoms with Gasteiger partial charge in [0.15, 0.2) is 0 Å². The molecule has 4 aromatic carbocycles. The Morgan fingerprint density at radius 1 is 0.607 bits per heavy atom. The van der Waals surface area contributed by atoms with Crippen LogP contribution in [0.4, 0.5) is 11.4 Å². The summed E-state index contributed by atoms with van der Waals surface area (Å²) >= 11 is 3.74. The number of hydrogen-bond acceptors (Lipinski definition) is 1. The second-order valence-electron chi connectivity index (χ2n) is 7.60. The predicted octanol–water partition coefficient (Wildman–Crippen LogP) is 6.79. The van der Waals surface area contributed by atoms with Crippen LogP contribution in [0.15, 0.2) is 95.5 Å². The van der Waals surface area contributed by atoms with Crippen LogP contribution in [0.5, 0.6) is 0 Å². The SMILES string of the molecule is Brc1ccc2c(c1)C1(c3ccccc3C2)c2ccccc2Nc2ccccc21. The van der Waals surface area contributed by atoms with Crippen LogP contribution in [0.2, 0.25) is 0 Å². The number of fused-ring (bicyclic) bond motifs is 8. The molecule has 2 heteroatoms. The zero-order valence-corrected chi connectivity index (χ0v) is 16.8. The van der Waals surface area contributed by atoms with E-state index in [1.54, 1.807) is 0 Å². The van der Waals surface area contributed by atoms with Crippen LogP contribution < -0.4 is 5.32 Å². The molecule has 4 aromatic rings. The minimum Gasteiger partial charge on any atom is -0.355 e. The van der Waals surface area contributed by atoms with Gasteiger partial charge in [-0.05, 0) is 64.1 Å². The number of para-hydroxylation sites is 2. The van der Waals surface area contributed by atoms with Crippen molar-refractivity contribution in [2.75, 3.05) is 5.32 Å². The molecule has 0 radical (unpaired) electrons. The minimum absolute atomic E-state index is 0.313. The van der Waals surface area contributed by atoms with E-state index in [1.807, 2.05) is 0 Å². The lowest BCUT2D eigenvalue weighted by Crippen LogP contribution is -2.39. The number of nitrogens with one attached hydrogen (secondary N) is 1. The summed E-state index contributed by atoms with van der Waals surface area (Å²) in [5, 5.41) is 3.68. The number of hydrogen-bond donors (Lipinski definition) is 1. The number of rotatable bonds is 0. The van der Waals surface area contributed by atoms with Crippen molar-refractivity contribution in [1.82, 2.24) is 0 Å². The maximum atomic E-state index is 3.74. The largest absolute Gasteiger partial charge is 0.355 e. The van der Waals surface area contributed by atoms with Crippen LogP contribution in [0.25, 0.3) is 0 Å². The first-order valence-corrected chi connectivity index (χ1v) is 10.4. The van der Waals surface area contributed by atoms with Gasteiger partial charge in [0.05, 0.1) is 5.41 Å². The fraction of sp³-hybridized carbons (Fsp3) is 0.0769. The van der Waals surface area contributed by atoms with Crippen molar-refractivity contribution in [2.24, 2.45) is 0 Å². The lowest BCUT2D eigenvalue weighted by molar-refractivity contribution is 0.699. The van der Waals surface area contributed by atoms with Gasteiger partial charge in [-0.25, -0.2) is 0 Å². The molecule has 1 aliphatic heterocycles. The van der Waals surface area contributed by atoms with E-state index in [0.717, 1.165) is 10.9 Å². The summed E-state index contributed by atoms with van der Waals surface area (Å²) in [6, 6.07) is 33.2. The summed E-state index contributed by atoms with van der Waals surface area (Å²) in [5.41, 5.74) is 10.3. The van der Waals surface area contributed by atoms with Crippen molar-refractivity contribution in [2.45, 2.75) is 11.8 Å². The molecule has 0 saturated heterocycles. The molecule has 1 heterocycles. The van der Waals surface area contributed by atoms with Crippen LogP contribution >= 0.6 is 15.9 Å². The van der Waals surface area contributed by atoms with Gasteiger partial charge in [0.25, 0.3) is 0 Å². The highest BCUT2D eigenvalue weighted by molar-refractivity contribution is 9.10. The highest BCUT2D eigenvalue weighted by Crippen LogP contribution is 2.57. The standard InChI is InChI=1S/C26H18BrN/c27-19-14-13-18-15-17-7-1-2-8-20(17)26(23(18)16-19)21-9-3-5-11-24(21)28-25-12-6-4-10-22(25)26/h1-14,16,28H,15H2. The van der Waals surface area contributed by atoms with Gasteiger partial charge in [-0.2, -0.15) is 0 Å². The molecule has 0 atom stereocenters. The number of halogens is 1. The van der Waals surface area contributed by atoms with Crippen LogP contribution in [0, 0.1) is 0 Å². The summed E-state index contributed by atoms with van der Waals surface area (Å²) in [4.78, 5) is 0. The third-order valence-electron chi connectivity index (χ3n) is 6.21. The van der Waals surface area contributed by atoms with Gasteiger partial charge in [0.1, 0.15) is 0 Å². The van der Waals surface area contributed by atoms with E-state index >= 15 is 0 Å². The molecule has 1 spiro atoms. The zero-order valence-electron chi connectivity index (χ0n) is 15.2. The first kappa shape index (κ1) is 16.1. The maximum absolute atomic E-state index is 3.74. The van der Waals surface area contributed by atoms with Crippen LogP contribution in [-0.2, 0) is 11.8 Å². The van der Waals surface area contributed by atoms with E-state index < -0.39 is 0 Å². The Balaban J connectivity index is 1.85. The van der Waals surface area contributed by atoms with Gasteiger partial charge in [0, 0.05) is 15.8 Å². The van der Waals surface area contributed by atoms with Crippen molar-refractivity contribution < 1.29 is 0 Å². The average Bonchev–Trinajstić information content (AvgIpc) is 2.74. The summed E-state index contributed by atoms with van der Waals surface area (Å²) < 4.78 is 1.12. The van der Waals surface area contributed by atoms with Crippen molar-refractivity contribution in [3.05, 3.63) is 129 Å². The summed E-state index contributed by atoms with van der Waals surface area (Å²) in [7, 11) is 0. The predicted molar refractivity (Wildman–Crippen MR) is 119 cm³/mol. The lowest BCUT2D eigenvalue weighted by atomic mass is 9.58. The van der Waals surface area contributed by atoms with Crippen molar-refractivity contribution in [3.63, 3.8) is 0 Å². The number of anilines is 2. The summed E-state index contributed by atoms with van der Waals surface area (Å²) in [5.74, 6) is 0. The molecule has 0 bridgehead atoms. The molecule has 0 saturated carbocycles. The monoisotopic (exact) mass is 423 g/mol. The minimum atomic E-state index is -0.313. The maximum Gasteiger partial charge on any atom is 0.0747 e. The highest BCUT2D eigenvalue weighted by Gasteiger charge is 2.47. The molecular weight excluding hydrogens is 406 g/mol. The average molecular weight is 424 g/mol. The summed E-state index contributed by atoms with van der Waals surface area (Å²) in [6.45, 7) is 0. The Labute approximate surface area is 173 Å². The molecule has 1 nitrogen and oxygen atoms in total. The first-order valence-electron chi connectivity index (χ1n) is 9.62. The molecule has 2 aliphatic rings. The van der Waals surface area contributed by atoms with Crippen molar-refractivity contribution in [1.29, 1.82) is 0 Å². The van der Waals surface area contributed by atoms with Gasteiger partial charge in [-0.1, -0.05) is 82.7 Å². The fourth-order valence-electron chi connectivity index (χ4n) is 5.15. The van der Waals surface area contributed by atoms with Gasteiger partial charge >= 0.3 is 0 Å². The lowest BCUT2D eigenvalue weighted by Gasteiger charge is -2.46. The van der Waals surface area contributed by atoms with E-state index in [4.69, 9.17) is 0 Å². The van der Waals surface area contributed by atoms with Crippen molar-refractivity contribution in [3.8, 4) is 0 Å². The quantitative estimate of drug-likeness (QED) is 0.283. The fourth-order valence-corrected chi connectivity index (χ4v) is 5.51. The Bertz CT molecular complexity index is 1140. The first-order chi connectivity index (χ1) is 13.8. The molecule has 1 N–H and O–H groups in total. The van der Waals surface area contributed by atoms with Crippen LogP contribution in [-0.4, -0.2) is 0 Å². The molecule has 0 amide bonds. The Morgan fingerprint density at radius 3 is 1.89 bits per heavy atom. The zero-order chi connectivity index (χ0) is 18.7. The van der Waals surface area contributed by atoms with E-state index in [2.05, 4.69) is 112 Å². The topological polar surface area (TPSA) is 12.0 Å². The molecular formula is C26H18BrN. The van der Waals surface area contributed by atoms with E-state index in [0.29, 0.717) is 0 Å². The summed E-state index contributed by atoms with van der Waals surface area (Å²) in [6.07, 6.45) is 0.971. The normalized spacial score (nSPS) is 15.0. The van der Waals surface area contributed by atoms with E-state index in [9.17, 15) is 0 Å². The third-order valence-corrected chi connectivity index (χ3v) is 6.70. The third kappa shape index (κ3) is 2.01. The molecule has 1 aliphatic carbocycles. The highest BCUT2D eigenvalue weighted by atomic mass is 79.9. The Morgan fingerprint density at radius 2 is 1.18 bits per heavy atom. The van der Waals surface area contributed by atoms with E-state index in [1.165, 1.54) is 44.8 Å². The van der Waals surface area contributed by atoms with Crippen LogP contribution in [0.1, 0.15) is 33.4 Å². The molecule has 134 valence electrons. The van der Waals surface area contributed by atoms with Gasteiger partial charge in [-0.15, -0.1) is 0 Å².